The highest BCUT2D eigenvalue weighted by Crippen LogP contribution is 2.34. The summed E-state index contributed by atoms with van der Waals surface area (Å²) in [4.78, 5) is 26.8. The van der Waals surface area contributed by atoms with Crippen molar-refractivity contribution < 1.29 is 19.4 Å². The molecule has 0 fully saturated rings. The fourth-order valence-corrected chi connectivity index (χ4v) is 4.72. The summed E-state index contributed by atoms with van der Waals surface area (Å²) in [6.45, 7) is 3.77. The third kappa shape index (κ3) is 5.60. The van der Waals surface area contributed by atoms with Crippen LogP contribution in [0, 0.1) is 11.3 Å². The highest BCUT2D eigenvalue weighted by molar-refractivity contribution is 5.96. The molecule has 1 atom stereocenters. The number of aromatic carboxylic acids is 1. The molecule has 0 aliphatic carbocycles. The van der Waals surface area contributed by atoms with E-state index in [-0.39, 0.29) is 17.5 Å². The van der Waals surface area contributed by atoms with Gasteiger partial charge in [-0.2, -0.15) is 5.26 Å². The maximum Gasteiger partial charge on any atom is 0.336 e. The monoisotopic (exact) mass is 517 g/mol. The van der Waals surface area contributed by atoms with Crippen molar-refractivity contribution in [3.8, 4) is 22.9 Å². The second-order valence-corrected chi connectivity index (χ2v) is 9.43. The number of rotatable bonds is 7. The summed E-state index contributed by atoms with van der Waals surface area (Å²) in [5.41, 5.74) is 5.82. The van der Waals surface area contributed by atoms with Gasteiger partial charge < -0.3 is 20.1 Å². The van der Waals surface area contributed by atoms with Crippen LogP contribution in [-0.2, 0) is 6.54 Å². The van der Waals surface area contributed by atoms with E-state index in [0.29, 0.717) is 42.1 Å². The molecule has 0 spiro atoms. The van der Waals surface area contributed by atoms with Gasteiger partial charge in [-0.05, 0) is 65.6 Å². The van der Waals surface area contributed by atoms with Gasteiger partial charge in [-0.25, -0.2) is 4.79 Å². The molecule has 194 valence electrons. The van der Waals surface area contributed by atoms with E-state index in [0.717, 1.165) is 22.4 Å². The van der Waals surface area contributed by atoms with Gasteiger partial charge in [-0.15, -0.1) is 0 Å². The second kappa shape index (κ2) is 11.1. The Morgan fingerprint density at radius 1 is 1.03 bits per heavy atom. The number of carboxylic acids is 1. The number of fused-ring (bicyclic) bond motifs is 1. The number of nitrogens with one attached hydrogen (secondary N) is 1. The first kappa shape index (κ1) is 25.6. The van der Waals surface area contributed by atoms with Crippen molar-refractivity contribution in [3.63, 3.8) is 0 Å². The van der Waals surface area contributed by atoms with Gasteiger partial charge in [0.05, 0.1) is 35.5 Å². The number of nitrogens with zero attached hydrogens (tertiary/aromatic N) is 2. The molecule has 7 heteroatoms. The van der Waals surface area contributed by atoms with Crippen LogP contribution in [0.1, 0.15) is 50.4 Å². The van der Waals surface area contributed by atoms with Gasteiger partial charge in [0.15, 0.2) is 0 Å². The van der Waals surface area contributed by atoms with Gasteiger partial charge in [-0.3, -0.25) is 4.79 Å². The Hall–Kier alpha value is -5.09. The van der Waals surface area contributed by atoms with Crippen LogP contribution in [0.3, 0.4) is 0 Å². The SMILES string of the molecule is CC(NC(=O)c1ccc2c(c1)OCCN2Cc1ccc(-c2ccccc2C(=O)O)cc1)c1ccc(C#N)cc1. The maximum absolute atomic E-state index is 13.0. The van der Waals surface area contributed by atoms with Crippen molar-refractivity contribution in [3.05, 3.63) is 119 Å². The minimum atomic E-state index is -0.948. The number of hydrogen-bond acceptors (Lipinski definition) is 5. The molecule has 0 bridgehead atoms. The Labute approximate surface area is 226 Å². The first-order chi connectivity index (χ1) is 18.9. The zero-order chi connectivity index (χ0) is 27.4. The minimum Gasteiger partial charge on any atom is -0.490 e. The molecule has 1 aliphatic rings. The fraction of sp³-hybridized carbons (Fsp3) is 0.156. The second-order valence-electron chi connectivity index (χ2n) is 9.43. The molecule has 5 rings (SSSR count). The van der Waals surface area contributed by atoms with Crippen molar-refractivity contribution in [2.24, 2.45) is 0 Å². The number of amides is 1. The number of carbonyl (C=O) groups is 2. The van der Waals surface area contributed by atoms with Crippen molar-refractivity contribution in [1.82, 2.24) is 5.32 Å². The number of benzene rings is 4. The zero-order valence-corrected chi connectivity index (χ0v) is 21.4. The topological polar surface area (TPSA) is 103 Å². The number of anilines is 1. The van der Waals surface area contributed by atoms with Crippen LogP contribution in [0.2, 0.25) is 0 Å². The van der Waals surface area contributed by atoms with Crippen LogP contribution < -0.4 is 15.0 Å². The molecule has 0 saturated carbocycles. The van der Waals surface area contributed by atoms with E-state index in [9.17, 15) is 14.7 Å². The van der Waals surface area contributed by atoms with Crippen LogP contribution in [0.5, 0.6) is 5.75 Å². The van der Waals surface area contributed by atoms with Crippen molar-refractivity contribution >= 4 is 17.6 Å². The summed E-state index contributed by atoms with van der Waals surface area (Å²) < 4.78 is 5.90. The number of hydrogen-bond donors (Lipinski definition) is 2. The van der Waals surface area contributed by atoms with Gasteiger partial charge in [0.2, 0.25) is 0 Å². The summed E-state index contributed by atoms with van der Waals surface area (Å²) in [6, 6.07) is 29.4. The molecule has 4 aromatic carbocycles. The summed E-state index contributed by atoms with van der Waals surface area (Å²) >= 11 is 0. The van der Waals surface area contributed by atoms with Crippen molar-refractivity contribution in [2.45, 2.75) is 19.5 Å². The predicted octanol–water partition coefficient (Wildman–Crippen LogP) is 5.81. The van der Waals surface area contributed by atoms with E-state index in [1.807, 2.05) is 61.5 Å². The lowest BCUT2D eigenvalue weighted by atomic mass is 9.98. The minimum absolute atomic E-state index is 0.201. The third-order valence-electron chi connectivity index (χ3n) is 6.86. The van der Waals surface area contributed by atoms with Crippen LogP contribution in [0.15, 0.2) is 91.0 Å². The average molecular weight is 518 g/mol. The molecule has 39 heavy (non-hydrogen) atoms. The Morgan fingerprint density at radius 2 is 1.77 bits per heavy atom. The molecule has 0 aromatic heterocycles. The Balaban J connectivity index is 1.28. The predicted molar refractivity (Wildman–Crippen MR) is 149 cm³/mol. The normalized spacial score (nSPS) is 13.0. The van der Waals surface area contributed by atoms with E-state index in [1.165, 1.54) is 0 Å². The third-order valence-corrected chi connectivity index (χ3v) is 6.86. The van der Waals surface area contributed by atoms with E-state index < -0.39 is 5.97 Å². The number of nitriles is 1. The van der Waals surface area contributed by atoms with Gasteiger partial charge >= 0.3 is 5.97 Å². The van der Waals surface area contributed by atoms with Gasteiger partial charge in [0, 0.05) is 12.1 Å². The highest BCUT2D eigenvalue weighted by atomic mass is 16.5. The summed E-state index contributed by atoms with van der Waals surface area (Å²) in [5.74, 6) is -0.490. The summed E-state index contributed by atoms with van der Waals surface area (Å²) in [6.07, 6.45) is 0. The highest BCUT2D eigenvalue weighted by Gasteiger charge is 2.21. The quantitative estimate of drug-likeness (QED) is 0.321. The van der Waals surface area contributed by atoms with Crippen LogP contribution in [-0.4, -0.2) is 30.1 Å². The van der Waals surface area contributed by atoms with E-state index in [2.05, 4.69) is 16.3 Å². The van der Waals surface area contributed by atoms with Crippen molar-refractivity contribution in [1.29, 1.82) is 5.26 Å². The molecule has 1 aliphatic heterocycles. The van der Waals surface area contributed by atoms with E-state index in [4.69, 9.17) is 10.00 Å². The Morgan fingerprint density at radius 3 is 2.49 bits per heavy atom. The summed E-state index contributed by atoms with van der Waals surface area (Å²) in [5, 5.41) is 21.5. The van der Waals surface area contributed by atoms with Crippen molar-refractivity contribution in [2.75, 3.05) is 18.1 Å². The van der Waals surface area contributed by atoms with Gasteiger partial charge in [0.25, 0.3) is 5.91 Å². The van der Waals surface area contributed by atoms with Gasteiger partial charge in [0.1, 0.15) is 12.4 Å². The van der Waals surface area contributed by atoms with E-state index in [1.54, 1.807) is 36.4 Å². The molecule has 2 N–H and O–H groups in total. The maximum atomic E-state index is 13.0. The van der Waals surface area contributed by atoms with E-state index >= 15 is 0 Å². The molecule has 0 radical (unpaired) electrons. The standard InChI is InChI=1S/C32H27N3O4/c1-21(24-10-6-22(19-33)7-11-24)34-31(36)26-14-15-29-30(18-26)39-17-16-35(29)20-23-8-12-25(13-9-23)27-4-2-3-5-28(27)32(37)38/h2-15,18,21H,16-17,20H2,1H3,(H,34,36)(H,37,38). The first-order valence-electron chi connectivity index (χ1n) is 12.7. The number of carbonyl (C=O) groups excluding carboxylic acids is 1. The lowest BCUT2D eigenvalue weighted by molar-refractivity contribution is 0.0697. The molecule has 0 saturated heterocycles. The van der Waals surface area contributed by atoms with Gasteiger partial charge in [-0.1, -0.05) is 54.6 Å². The molecule has 1 heterocycles. The summed E-state index contributed by atoms with van der Waals surface area (Å²) in [7, 11) is 0. The first-order valence-corrected chi connectivity index (χ1v) is 12.7. The molecular formula is C32H27N3O4. The van der Waals surface area contributed by atoms with Crippen LogP contribution in [0.4, 0.5) is 5.69 Å². The average Bonchev–Trinajstić information content (AvgIpc) is 2.97. The molecule has 1 amide bonds. The fourth-order valence-electron chi connectivity index (χ4n) is 4.72. The number of ether oxygens (including phenoxy) is 1. The van der Waals surface area contributed by atoms with Crippen LogP contribution in [0.25, 0.3) is 11.1 Å². The molecule has 7 nitrogen and oxygen atoms in total. The Bertz CT molecular complexity index is 1560. The zero-order valence-electron chi connectivity index (χ0n) is 21.4. The molecule has 4 aromatic rings. The van der Waals surface area contributed by atoms with Crippen LogP contribution >= 0.6 is 0 Å². The smallest absolute Gasteiger partial charge is 0.336 e. The molecule has 1 unspecified atom stereocenters. The largest absolute Gasteiger partial charge is 0.490 e. The lowest BCUT2D eigenvalue weighted by Crippen LogP contribution is -2.32. The lowest BCUT2D eigenvalue weighted by Gasteiger charge is -2.31. The Kier molecular flexibility index (Phi) is 7.28. The molecular weight excluding hydrogens is 490 g/mol. The number of carboxylic acid groups (broad SMARTS) is 1.